The van der Waals surface area contributed by atoms with Crippen LogP contribution >= 0.6 is 0 Å². The summed E-state index contributed by atoms with van der Waals surface area (Å²) in [6, 6.07) is 10.2. The van der Waals surface area contributed by atoms with Crippen LogP contribution in [-0.2, 0) is 15.0 Å². The van der Waals surface area contributed by atoms with E-state index in [1.807, 2.05) is 6.92 Å². The van der Waals surface area contributed by atoms with Crippen molar-refractivity contribution in [3.05, 3.63) is 54.0 Å². The van der Waals surface area contributed by atoms with E-state index in [2.05, 4.69) is 0 Å². The lowest BCUT2D eigenvalue weighted by Gasteiger charge is -2.36. The van der Waals surface area contributed by atoms with Crippen LogP contribution in [0.25, 0.3) is 0 Å². The standard InChI is InChI=1S/C20H26N4O5S/c1-16-6-8-17(9-7-16)24(30(27,28)21(2)3)15-19(25)22-10-12-23(13-11-22)20(26)18-5-4-14-29-18/h4-9,14H,10-13,15H2,1-3H3. The summed E-state index contributed by atoms with van der Waals surface area (Å²) in [6.07, 6.45) is 1.44. The van der Waals surface area contributed by atoms with Crippen LogP contribution in [0.2, 0.25) is 0 Å². The molecule has 0 aliphatic carbocycles. The average molecular weight is 435 g/mol. The van der Waals surface area contributed by atoms with Crippen LogP contribution < -0.4 is 4.31 Å². The first kappa shape index (κ1) is 21.8. The summed E-state index contributed by atoms with van der Waals surface area (Å²) in [5.41, 5.74) is 1.42. The maximum absolute atomic E-state index is 12.9. The molecule has 0 spiro atoms. The summed E-state index contributed by atoms with van der Waals surface area (Å²) in [5.74, 6) is -0.271. The van der Waals surface area contributed by atoms with E-state index in [0.717, 1.165) is 14.2 Å². The SMILES string of the molecule is Cc1ccc(N(CC(=O)N2CCN(C(=O)c3ccco3)CC2)S(=O)(=O)N(C)C)cc1. The molecule has 1 saturated heterocycles. The molecule has 1 aliphatic heterocycles. The lowest BCUT2D eigenvalue weighted by Crippen LogP contribution is -2.54. The van der Waals surface area contributed by atoms with Crippen LogP contribution in [0.3, 0.4) is 0 Å². The minimum atomic E-state index is -3.85. The van der Waals surface area contributed by atoms with Gasteiger partial charge in [0.15, 0.2) is 5.76 Å². The van der Waals surface area contributed by atoms with Gasteiger partial charge in [-0.1, -0.05) is 17.7 Å². The third kappa shape index (κ3) is 4.65. The maximum Gasteiger partial charge on any atom is 0.304 e. The van der Waals surface area contributed by atoms with Crippen molar-refractivity contribution in [2.24, 2.45) is 0 Å². The molecule has 162 valence electrons. The molecule has 1 fully saturated rings. The predicted octanol–water partition coefficient (Wildman–Crippen LogP) is 1.19. The molecular formula is C20H26N4O5S. The number of nitrogens with zero attached hydrogens (tertiary/aromatic N) is 4. The van der Waals surface area contributed by atoms with Gasteiger partial charge in [-0.2, -0.15) is 12.7 Å². The van der Waals surface area contributed by atoms with E-state index in [4.69, 9.17) is 4.42 Å². The summed E-state index contributed by atoms with van der Waals surface area (Å²) in [7, 11) is -0.989. The molecule has 1 aromatic carbocycles. The highest BCUT2D eigenvalue weighted by molar-refractivity contribution is 7.90. The predicted molar refractivity (Wildman–Crippen MR) is 112 cm³/mol. The summed E-state index contributed by atoms with van der Waals surface area (Å²) >= 11 is 0. The highest BCUT2D eigenvalue weighted by Gasteiger charge is 2.31. The molecule has 2 amide bonds. The van der Waals surface area contributed by atoms with Crippen molar-refractivity contribution >= 4 is 27.7 Å². The van der Waals surface area contributed by atoms with Crippen molar-refractivity contribution in [3.8, 4) is 0 Å². The summed E-state index contributed by atoms with van der Waals surface area (Å²) < 4.78 is 33.0. The van der Waals surface area contributed by atoms with Gasteiger partial charge in [-0.3, -0.25) is 9.59 Å². The third-order valence-electron chi connectivity index (χ3n) is 4.99. The molecule has 1 aromatic heterocycles. The van der Waals surface area contributed by atoms with E-state index in [-0.39, 0.29) is 24.1 Å². The van der Waals surface area contributed by atoms with Crippen LogP contribution in [0, 0.1) is 6.92 Å². The van der Waals surface area contributed by atoms with Crippen molar-refractivity contribution in [3.63, 3.8) is 0 Å². The molecule has 2 aromatic rings. The zero-order valence-electron chi connectivity index (χ0n) is 17.3. The number of rotatable bonds is 6. The van der Waals surface area contributed by atoms with Gasteiger partial charge in [0, 0.05) is 40.3 Å². The molecule has 0 saturated carbocycles. The van der Waals surface area contributed by atoms with E-state index in [0.29, 0.717) is 31.9 Å². The Hall–Kier alpha value is -2.85. The topological polar surface area (TPSA) is 94.4 Å². The monoisotopic (exact) mass is 434 g/mol. The average Bonchev–Trinajstić information content (AvgIpc) is 3.27. The second kappa shape index (κ2) is 8.88. The zero-order chi connectivity index (χ0) is 21.9. The fourth-order valence-corrected chi connectivity index (χ4v) is 4.21. The lowest BCUT2D eigenvalue weighted by molar-refractivity contribution is -0.131. The minimum Gasteiger partial charge on any atom is -0.459 e. The van der Waals surface area contributed by atoms with Gasteiger partial charge in [-0.25, -0.2) is 4.31 Å². The fourth-order valence-electron chi connectivity index (χ4n) is 3.15. The quantitative estimate of drug-likeness (QED) is 0.681. The Kier molecular flexibility index (Phi) is 6.47. The second-order valence-electron chi connectivity index (χ2n) is 7.28. The number of amides is 2. The van der Waals surface area contributed by atoms with Gasteiger partial charge in [0.05, 0.1) is 12.0 Å². The Morgan fingerprint density at radius 3 is 2.13 bits per heavy atom. The number of carbonyl (C=O) groups excluding carboxylic acids is 2. The third-order valence-corrected chi connectivity index (χ3v) is 6.81. The van der Waals surface area contributed by atoms with E-state index in [1.165, 1.54) is 20.4 Å². The van der Waals surface area contributed by atoms with Gasteiger partial charge in [0.1, 0.15) is 6.54 Å². The second-order valence-corrected chi connectivity index (χ2v) is 9.35. The van der Waals surface area contributed by atoms with Crippen molar-refractivity contribution in [2.75, 3.05) is 51.1 Å². The number of aryl methyl sites for hydroxylation is 1. The first-order valence-corrected chi connectivity index (χ1v) is 11.0. The Balaban J connectivity index is 1.69. The van der Waals surface area contributed by atoms with Gasteiger partial charge in [-0.05, 0) is 31.2 Å². The normalized spacial score (nSPS) is 14.8. The summed E-state index contributed by atoms with van der Waals surface area (Å²) in [6.45, 7) is 2.97. The molecule has 1 aliphatic rings. The number of hydrogen-bond donors (Lipinski definition) is 0. The Bertz CT molecular complexity index is 979. The number of hydrogen-bond acceptors (Lipinski definition) is 5. The molecule has 0 N–H and O–H groups in total. The minimum absolute atomic E-state index is 0.219. The van der Waals surface area contributed by atoms with Crippen molar-refractivity contribution in [1.29, 1.82) is 0 Å². The molecule has 2 heterocycles. The Morgan fingerprint density at radius 2 is 1.60 bits per heavy atom. The van der Waals surface area contributed by atoms with E-state index in [1.54, 1.807) is 46.2 Å². The van der Waals surface area contributed by atoms with Crippen LogP contribution in [0.4, 0.5) is 5.69 Å². The van der Waals surface area contributed by atoms with Crippen LogP contribution in [0.5, 0.6) is 0 Å². The van der Waals surface area contributed by atoms with Gasteiger partial charge in [0.2, 0.25) is 5.91 Å². The first-order valence-electron chi connectivity index (χ1n) is 9.57. The first-order chi connectivity index (χ1) is 14.2. The van der Waals surface area contributed by atoms with E-state index in [9.17, 15) is 18.0 Å². The molecule has 10 heteroatoms. The lowest BCUT2D eigenvalue weighted by atomic mass is 10.2. The highest BCUT2D eigenvalue weighted by atomic mass is 32.2. The zero-order valence-corrected chi connectivity index (χ0v) is 18.1. The molecule has 0 atom stereocenters. The molecule has 0 bridgehead atoms. The molecule has 30 heavy (non-hydrogen) atoms. The number of anilines is 1. The Labute approximate surface area is 176 Å². The van der Waals surface area contributed by atoms with Gasteiger partial charge >= 0.3 is 10.2 Å². The van der Waals surface area contributed by atoms with Crippen LogP contribution in [-0.4, -0.2) is 81.2 Å². The van der Waals surface area contributed by atoms with E-state index < -0.39 is 10.2 Å². The van der Waals surface area contributed by atoms with Crippen molar-refractivity contribution in [2.45, 2.75) is 6.92 Å². The number of piperazine rings is 1. The maximum atomic E-state index is 12.9. The molecule has 9 nitrogen and oxygen atoms in total. The Morgan fingerprint density at radius 1 is 1.00 bits per heavy atom. The molecule has 0 radical (unpaired) electrons. The van der Waals surface area contributed by atoms with Crippen molar-refractivity contribution in [1.82, 2.24) is 14.1 Å². The number of furan rings is 1. The molecule has 0 unspecified atom stereocenters. The van der Waals surface area contributed by atoms with Gasteiger partial charge in [-0.15, -0.1) is 0 Å². The summed E-state index contributed by atoms with van der Waals surface area (Å²) in [5, 5.41) is 0. The summed E-state index contributed by atoms with van der Waals surface area (Å²) in [4.78, 5) is 28.5. The highest BCUT2D eigenvalue weighted by Crippen LogP contribution is 2.21. The number of carbonyl (C=O) groups is 2. The van der Waals surface area contributed by atoms with Crippen molar-refractivity contribution < 1.29 is 22.4 Å². The van der Waals surface area contributed by atoms with Crippen LogP contribution in [0.1, 0.15) is 16.1 Å². The van der Waals surface area contributed by atoms with E-state index >= 15 is 0 Å². The van der Waals surface area contributed by atoms with Gasteiger partial charge < -0.3 is 14.2 Å². The molecular weight excluding hydrogens is 408 g/mol. The smallest absolute Gasteiger partial charge is 0.304 e. The van der Waals surface area contributed by atoms with Crippen LogP contribution in [0.15, 0.2) is 47.1 Å². The largest absolute Gasteiger partial charge is 0.459 e. The molecule has 3 rings (SSSR count). The fraction of sp³-hybridized carbons (Fsp3) is 0.400. The van der Waals surface area contributed by atoms with Gasteiger partial charge in [0.25, 0.3) is 5.91 Å². The number of benzene rings is 1.